The molecule has 1 saturated heterocycles. The van der Waals surface area contributed by atoms with E-state index in [4.69, 9.17) is 0 Å². The van der Waals surface area contributed by atoms with Gasteiger partial charge in [0.1, 0.15) is 6.04 Å². The van der Waals surface area contributed by atoms with Gasteiger partial charge >= 0.3 is 6.18 Å². The number of rotatable bonds is 3. The van der Waals surface area contributed by atoms with Crippen molar-refractivity contribution in [2.45, 2.75) is 37.9 Å². The van der Waals surface area contributed by atoms with Crippen molar-refractivity contribution in [2.75, 3.05) is 10.2 Å². The van der Waals surface area contributed by atoms with Crippen LogP contribution in [0.2, 0.25) is 0 Å². The Kier molecular flexibility index (Phi) is 4.17. The molecule has 2 aromatic carbocycles. The van der Waals surface area contributed by atoms with Gasteiger partial charge in [0.2, 0.25) is 5.91 Å². The highest BCUT2D eigenvalue weighted by atomic mass is 19.4. The minimum Gasteiger partial charge on any atom is -0.373 e. The molecule has 2 aliphatic rings. The van der Waals surface area contributed by atoms with Gasteiger partial charge in [0, 0.05) is 5.69 Å². The molecule has 1 aliphatic heterocycles. The number of imide groups is 1. The van der Waals surface area contributed by atoms with Crippen molar-refractivity contribution in [1.82, 2.24) is 0 Å². The number of anilines is 2. The maximum absolute atomic E-state index is 12.9. The van der Waals surface area contributed by atoms with Crippen molar-refractivity contribution in [3.63, 3.8) is 0 Å². The SMILES string of the molecule is O=C1C[C@H](Nc2ccc3c(c2)CCC3)C(=O)N1c1cccc(C(F)(F)F)c1. The van der Waals surface area contributed by atoms with E-state index in [0.29, 0.717) is 0 Å². The molecule has 1 fully saturated rings. The highest BCUT2D eigenvalue weighted by Gasteiger charge is 2.40. The minimum absolute atomic E-state index is 0.0573. The molecule has 0 bridgehead atoms. The van der Waals surface area contributed by atoms with Crippen molar-refractivity contribution in [2.24, 2.45) is 0 Å². The van der Waals surface area contributed by atoms with E-state index in [2.05, 4.69) is 5.32 Å². The molecule has 0 aromatic heterocycles. The van der Waals surface area contributed by atoms with Gasteiger partial charge in [-0.1, -0.05) is 12.1 Å². The molecule has 0 saturated carbocycles. The Morgan fingerprint density at radius 2 is 1.78 bits per heavy atom. The van der Waals surface area contributed by atoms with E-state index in [0.717, 1.165) is 42.0 Å². The fourth-order valence-electron chi connectivity index (χ4n) is 3.70. The number of benzene rings is 2. The molecule has 1 aliphatic carbocycles. The highest BCUT2D eigenvalue weighted by molar-refractivity contribution is 6.23. The van der Waals surface area contributed by atoms with Crippen molar-refractivity contribution < 1.29 is 22.8 Å². The number of carbonyl (C=O) groups excluding carboxylic acids is 2. The Labute approximate surface area is 154 Å². The second kappa shape index (κ2) is 6.40. The number of fused-ring (bicyclic) bond motifs is 1. The Morgan fingerprint density at radius 1 is 1.00 bits per heavy atom. The summed E-state index contributed by atoms with van der Waals surface area (Å²) in [5.74, 6) is -1.06. The first-order valence-electron chi connectivity index (χ1n) is 8.75. The van der Waals surface area contributed by atoms with Gasteiger partial charge in [0.05, 0.1) is 17.7 Å². The van der Waals surface area contributed by atoms with E-state index < -0.39 is 29.6 Å². The van der Waals surface area contributed by atoms with Gasteiger partial charge in [0.25, 0.3) is 5.91 Å². The summed E-state index contributed by atoms with van der Waals surface area (Å²) in [5, 5.41) is 3.06. The summed E-state index contributed by atoms with van der Waals surface area (Å²) in [4.78, 5) is 25.8. The summed E-state index contributed by atoms with van der Waals surface area (Å²) in [6.45, 7) is 0. The Balaban J connectivity index is 1.56. The lowest BCUT2D eigenvalue weighted by atomic mass is 10.1. The first-order chi connectivity index (χ1) is 12.8. The van der Waals surface area contributed by atoms with E-state index in [1.165, 1.54) is 23.3 Å². The standard InChI is InChI=1S/C20H17F3N2O2/c21-20(22,23)14-5-2-6-16(10-14)25-18(26)11-17(19(25)27)24-15-8-7-12-3-1-4-13(12)9-15/h2,5-10,17,24H,1,3-4,11H2/t17-/m0/s1. The number of amides is 2. The van der Waals surface area contributed by atoms with E-state index in [9.17, 15) is 22.8 Å². The van der Waals surface area contributed by atoms with E-state index in [1.54, 1.807) is 0 Å². The largest absolute Gasteiger partial charge is 0.416 e. The lowest BCUT2D eigenvalue weighted by Crippen LogP contribution is -2.35. The van der Waals surface area contributed by atoms with Crippen LogP contribution in [-0.2, 0) is 28.6 Å². The lowest BCUT2D eigenvalue weighted by Gasteiger charge is -2.18. The Bertz CT molecular complexity index is 924. The number of halogens is 3. The Hall–Kier alpha value is -2.83. The third-order valence-electron chi connectivity index (χ3n) is 5.02. The molecule has 1 atom stereocenters. The van der Waals surface area contributed by atoms with E-state index >= 15 is 0 Å². The fourth-order valence-corrected chi connectivity index (χ4v) is 3.70. The molecule has 140 valence electrons. The molecule has 1 N–H and O–H groups in total. The zero-order valence-electron chi connectivity index (χ0n) is 14.3. The molecule has 27 heavy (non-hydrogen) atoms. The van der Waals surface area contributed by atoms with Crippen molar-refractivity contribution in [3.05, 3.63) is 59.2 Å². The summed E-state index contributed by atoms with van der Waals surface area (Å²) in [6.07, 6.45) is -1.50. The van der Waals surface area contributed by atoms with E-state index in [1.807, 2.05) is 18.2 Å². The average molecular weight is 374 g/mol. The number of nitrogens with zero attached hydrogens (tertiary/aromatic N) is 1. The van der Waals surface area contributed by atoms with Crippen LogP contribution in [0.3, 0.4) is 0 Å². The average Bonchev–Trinajstić information content (AvgIpc) is 3.18. The number of aryl methyl sites for hydroxylation is 2. The molecule has 2 amide bonds. The zero-order valence-corrected chi connectivity index (χ0v) is 14.3. The maximum Gasteiger partial charge on any atom is 0.416 e. The van der Waals surface area contributed by atoms with E-state index in [-0.39, 0.29) is 12.1 Å². The van der Waals surface area contributed by atoms with Gasteiger partial charge in [-0.3, -0.25) is 9.59 Å². The van der Waals surface area contributed by atoms with Gasteiger partial charge in [-0.15, -0.1) is 0 Å². The summed E-state index contributed by atoms with van der Waals surface area (Å²) in [7, 11) is 0. The summed E-state index contributed by atoms with van der Waals surface area (Å²) in [6, 6.07) is 9.34. The molecule has 0 radical (unpaired) electrons. The molecule has 7 heteroatoms. The van der Waals surface area contributed by atoms with Crippen LogP contribution in [0.1, 0.15) is 29.5 Å². The fraction of sp³-hybridized carbons (Fsp3) is 0.300. The van der Waals surface area contributed by atoms with Gasteiger partial charge in [-0.05, 0) is 60.7 Å². The zero-order chi connectivity index (χ0) is 19.2. The molecule has 4 nitrogen and oxygen atoms in total. The number of alkyl halides is 3. The van der Waals surface area contributed by atoms with Crippen LogP contribution >= 0.6 is 0 Å². The van der Waals surface area contributed by atoms with Crippen LogP contribution in [0.5, 0.6) is 0 Å². The third kappa shape index (κ3) is 3.29. The first-order valence-corrected chi connectivity index (χ1v) is 8.75. The molecule has 1 heterocycles. The Morgan fingerprint density at radius 3 is 2.56 bits per heavy atom. The predicted molar refractivity (Wildman–Crippen MR) is 94.4 cm³/mol. The summed E-state index contributed by atoms with van der Waals surface area (Å²) >= 11 is 0. The van der Waals surface area contributed by atoms with Gasteiger partial charge < -0.3 is 5.32 Å². The molecular weight excluding hydrogens is 357 g/mol. The van der Waals surface area contributed by atoms with Crippen LogP contribution in [0.25, 0.3) is 0 Å². The van der Waals surface area contributed by atoms with Crippen molar-refractivity contribution >= 4 is 23.2 Å². The highest BCUT2D eigenvalue weighted by Crippen LogP contribution is 2.33. The van der Waals surface area contributed by atoms with Crippen molar-refractivity contribution in [1.29, 1.82) is 0 Å². The van der Waals surface area contributed by atoms with Crippen LogP contribution in [0.15, 0.2) is 42.5 Å². The number of nitrogens with one attached hydrogen (secondary N) is 1. The number of carbonyl (C=O) groups is 2. The molecule has 0 unspecified atom stereocenters. The maximum atomic E-state index is 12.9. The lowest BCUT2D eigenvalue weighted by molar-refractivity contribution is -0.137. The second-order valence-electron chi connectivity index (χ2n) is 6.85. The number of hydrogen-bond acceptors (Lipinski definition) is 3. The first kappa shape index (κ1) is 17.6. The molecule has 4 rings (SSSR count). The summed E-state index contributed by atoms with van der Waals surface area (Å²) < 4.78 is 38.8. The topological polar surface area (TPSA) is 49.4 Å². The predicted octanol–water partition coefficient (Wildman–Crippen LogP) is 3.94. The second-order valence-corrected chi connectivity index (χ2v) is 6.85. The third-order valence-corrected chi connectivity index (χ3v) is 5.02. The van der Waals surface area contributed by atoms with Crippen LogP contribution in [0.4, 0.5) is 24.5 Å². The normalized spacial score (nSPS) is 19.5. The molecule has 0 spiro atoms. The minimum atomic E-state index is -4.54. The monoisotopic (exact) mass is 374 g/mol. The van der Waals surface area contributed by atoms with Crippen LogP contribution in [-0.4, -0.2) is 17.9 Å². The van der Waals surface area contributed by atoms with Crippen molar-refractivity contribution in [3.8, 4) is 0 Å². The quantitative estimate of drug-likeness (QED) is 0.828. The molecular formula is C20H17F3N2O2. The summed E-state index contributed by atoms with van der Waals surface area (Å²) in [5.41, 5.74) is 2.31. The van der Waals surface area contributed by atoms with Crippen LogP contribution < -0.4 is 10.2 Å². The smallest absolute Gasteiger partial charge is 0.373 e. The van der Waals surface area contributed by atoms with Gasteiger partial charge in [0.15, 0.2) is 0 Å². The van der Waals surface area contributed by atoms with Gasteiger partial charge in [-0.2, -0.15) is 13.2 Å². The number of hydrogen-bond donors (Lipinski definition) is 1. The molecule has 2 aromatic rings. The van der Waals surface area contributed by atoms with Gasteiger partial charge in [-0.25, -0.2) is 4.90 Å². The van der Waals surface area contributed by atoms with Crippen LogP contribution in [0, 0.1) is 0 Å².